The number of carbonyl (C=O) groups excluding carboxylic acids is 1. The fourth-order valence-electron chi connectivity index (χ4n) is 2.68. The van der Waals surface area contributed by atoms with Crippen molar-refractivity contribution in [3.05, 3.63) is 65.7 Å². The fraction of sp³-hybridized carbons (Fsp3) is 0.316. The van der Waals surface area contributed by atoms with Crippen LogP contribution in [0.25, 0.3) is 0 Å². The van der Waals surface area contributed by atoms with Crippen molar-refractivity contribution in [3.63, 3.8) is 0 Å². The maximum atomic E-state index is 12.5. The number of aryl methyl sites for hydroxylation is 1. The summed E-state index contributed by atoms with van der Waals surface area (Å²) in [5.41, 5.74) is 1.64. The molecule has 1 N–H and O–H groups in total. The summed E-state index contributed by atoms with van der Waals surface area (Å²) in [6.45, 7) is 5.46. The zero-order valence-electron chi connectivity index (χ0n) is 15.2. The van der Waals surface area contributed by atoms with Crippen LogP contribution in [0.4, 0.5) is 5.82 Å². The molecule has 0 saturated carbocycles. The average Bonchev–Trinajstić information content (AvgIpc) is 3.33. The van der Waals surface area contributed by atoms with Crippen molar-refractivity contribution >= 4 is 11.7 Å². The molecule has 1 atom stereocenters. The molecule has 1 amide bonds. The van der Waals surface area contributed by atoms with E-state index in [-0.39, 0.29) is 11.9 Å². The molecule has 7 nitrogen and oxygen atoms in total. The van der Waals surface area contributed by atoms with Gasteiger partial charge in [-0.25, -0.2) is 0 Å². The Balaban J connectivity index is 1.66. The molecule has 0 aliphatic rings. The number of nitrogens with one attached hydrogen (secondary N) is 1. The van der Waals surface area contributed by atoms with E-state index in [1.165, 1.54) is 0 Å². The van der Waals surface area contributed by atoms with Crippen LogP contribution in [0.1, 0.15) is 41.6 Å². The van der Waals surface area contributed by atoms with Gasteiger partial charge in [0.1, 0.15) is 5.76 Å². The first-order valence-corrected chi connectivity index (χ1v) is 8.61. The van der Waals surface area contributed by atoms with E-state index in [4.69, 9.17) is 4.42 Å². The predicted octanol–water partition coefficient (Wildman–Crippen LogP) is 3.34. The zero-order valence-corrected chi connectivity index (χ0v) is 15.2. The van der Waals surface area contributed by atoms with Gasteiger partial charge in [-0.3, -0.25) is 14.4 Å². The maximum absolute atomic E-state index is 12.5. The smallest absolute Gasteiger partial charge is 0.256 e. The van der Waals surface area contributed by atoms with E-state index >= 15 is 0 Å². The quantitative estimate of drug-likeness (QED) is 0.705. The summed E-state index contributed by atoms with van der Waals surface area (Å²) in [5, 5.41) is 10.6. The van der Waals surface area contributed by atoms with Crippen LogP contribution in [-0.2, 0) is 13.1 Å². The Morgan fingerprint density at radius 3 is 2.88 bits per heavy atom. The second-order valence-electron chi connectivity index (χ2n) is 6.22. The molecule has 0 aliphatic carbocycles. The van der Waals surface area contributed by atoms with Gasteiger partial charge in [-0.15, -0.1) is 5.10 Å². The van der Waals surface area contributed by atoms with Crippen molar-refractivity contribution in [1.82, 2.24) is 19.9 Å². The Morgan fingerprint density at radius 2 is 2.19 bits per heavy atom. The number of benzene rings is 1. The lowest BCUT2D eigenvalue weighted by Crippen LogP contribution is -2.22. The van der Waals surface area contributed by atoms with Gasteiger partial charge in [0, 0.05) is 18.7 Å². The third kappa shape index (κ3) is 4.18. The molecule has 1 aromatic carbocycles. The summed E-state index contributed by atoms with van der Waals surface area (Å²) in [5.74, 6) is 1.17. The molecule has 0 radical (unpaired) electrons. The average molecular weight is 353 g/mol. The highest BCUT2D eigenvalue weighted by atomic mass is 16.3. The predicted molar refractivity (Wildman–Crippen MR) is 98.7 cm³/mol. The van der Waals surface area contributed by atoms with E-state index in [0.29, 0.717) is 24.5 Å². The number of aromatic nitrogens is 3. The minimum atomic E-state index is -0.197. The number of carbonyl (C=O) groups is 1. The first kappa shape index (κ1) is 17.9. The van der Waals surface area contributed by atoms with Crippen LogP contribution >= 0.6 is 0 Å². The number of amides is 1. The van der Waals surface area contributed by atoms with Gasteiger partial charge in [0.25, 0.3) is 5.91 Å². The highest BCUT2D eigenvalue weighted by molar-refractivity contribution is 6.03. The molecule has 26 heavy (non-hydrogen) atoms. The molecule has 7 heteroatoms. The molecule has 2 heterocycles. The lowest BCUT2D eigenvalue weighted by atomic mass is 10.1. The Bertz CT molecular complexity index is 856. The van der Waals surface area contributed by atoms with Gasteiger partial charge in [0.05, 0.1) is 18.5 Å². The second kappa shape index (κ2) is 7.97. The number of hydrogen-bond acceptors (Lipinski definition) is 5. The Kier molecular flexibility index (Phi) is 5.48. The van der Waals surface area contributed by atoms with E-state index in [1.54, 1.807) is 23.2 Å². The minimum Gasteiger partial charge on any atom is -0.468 e. The molecule has 0 spiro atoms. The molecule has 0 fully saturated rings. The molecular weight excluding hydrogens is 330 g/mol. The first-order chi connectivity index (χ1) is 12.6. The molecule has 0 saturated heterocycles. The number of anilines is 1. The summed E-state index contributed by atoms with van der Waals surface area (Å²) in [6, 6.07) is 11.6. The fourth-order valence-corrected chi connectivity index (χ4v) is 2.68. The lowest BCUT2D eigenvalue weighted by Gasteiger charge is -2.23. The molecule has 3 aromatic rings. The monoisotopic (exact) mass is 353 g/mol. The van der Waals surface area contributed by atoms with Crippen molar-refractivity contribution in [2.24, 2.45) is 0 Å². The third-order valence-corrected chi connectivity index (χ3v) is 4.34. The molecule has 3 rings (SSSR count). The molecular formula is C19H23N5O2. The molecule has 0 aliphatic heterocycles. The van der Waals surface area contributed by atoms with E-state index in [2.05, 4.69) is 27.5 Å². The topological polar surface area (TPSA) is 76.2 Å². The number of rotatable bonds is 7. The van der Waals surface area contributed by atoms with Crippen molar-refractivity contribution in [1.29, 1.82) is 0 Å². The van der Waals surface area contributed by atoms with Crippen LogP contribution in [0.3, 0.4) is 0 Å². The molecule has 0 bridgehead atoms. The van der Waals surface area contributed by atoms with Gasteiger partial charge in [-0.1, -0.05) is 17.3 Å². The Labute approximate surface area is 152 Å². The third-order valence-electron chi connectivity index (χ3n) is 4.34. The summed E-state index contributed by atoms with van der Waals surface area (Å²) in [4.78, 5) is 14.6. The lowest BCUT2D eigenvalue weighted by molar-refractivity contribution is 0.102. The van der Waals surface area contributed by atoms with Crippen molar-refractivity contribution in [2.45, 2.75) is 33.0 Å². The van der Waals surface area contributed by atoms with E-state index < -0.39 is 0 Å². The van der Waals surface area contributed by atoms with E-state index in [9.17, 15) is 4.79 Å². The second-order valence-corrected chi connectivity index (χ2v) is 6.22. The molecule has 136 valence electrons. The van der Waals surface area contributed by atoms with Gasteiger partial charge in [0.2, 0.25) is 0 Å². The number of nitrogens with zero attached hydrogens (tertiary/aromatic N) is 4. The minimum absolute atomic E-state index is 0.145. The SMILES string of the molecule is CCn1cc(NC(=O)c2cccc(CN(C)[C@H](C)c3ccco3)c2)nn1. The van der Waals surface area contributed by atoms with Crippen LogP contribution in [0.5, 0.6) is 0 Å². The standard InChI is InChI=1S/C19H23N5O2/c1-4-24-13-18(21-22-24)20-19(25)16-8-5-7-15(11-16)12-23(3)14(2)17-9-6-10-26-17/h5-11,13-14H,4,12H2,1-3H3,(H,20,25)/t14-/m1/s1. The number of hydrogen-bond donors (Lipinski definition) is 1. The van der Waals surface area contributed by atoms with E-state index in [0.717, 1.165) is 11.3 Å². The van der Waals surface area contributed by atoms with Gasteiger partial charge >= 0.3 is 0 Å². The Hall–Kier alpha value is -2.93. The maximum Gasteiger partial charge on any atom is 0.256 e. The van der Waals surface area contributed by atoms with E-state index in [1.807, 2.05) is 44.3 Å². The van der Waals surface area contributed by atoms with Gasteiger partial charge in [0.15, 0.2) is 5.82 Å². The summed E-state index contributed by atoms with van der Waals surface area (Å²) >= 11 is 0. The van der Waals surface area contributed by atoms with Crippen LogP contribution < -0.4 is 5.32 Å². The highest BCUT2D eigenvalue weighted by Gasteiger charge is 2.15. The molecule has 2 aromatic heterocycles. The van der Waals surface area contributed by atoms with Crippen molar-refractivity contribution in [2.75, 3.05) is 12.4 Å². The van der Waals surface area contributed by atoms with Gasteiger partial charge < -0.3 is 9.73 Å². The largest absolute Gasteiger partial charge is 0.468 e. The van der Waals surface area contributed by atoms with Gasteiger partial charge in [-0.2, -0.15) is 0 Å². The number of furan rings is 1. The zero-order chi connectivity index (χ0) is 18.5. The van der Waals surface area contributed by atoms with Crippen LogP contribution in [-0.4, -0.2) is 32.8 Å². The summed E-state index contributed by atoms with van der Waals surface area (Å²) in [6.07, 6.45) is 3.39. The summed E-state index contributed by atoms with van der Waals surface area (Å²) < 4.78 is 7.14. The highest BCUT2D eigenvalue weighted by Crippen LogP contribution is 2.21. The Morgan fingerprint density at radius 1 is 1.35 bits per heavy atom. The summed E-state index contributed by atoms with van der Waals surface area (Å²) in [7, 11) is 2.03. The van der Waals surface area contributed by atoms with Crippen molar-refractivity contribution in [3.8, 4) is 0 Å². The molecule has 0 unspecified atom stereocenters. The first-order valence-electron chi connectivity index (χ1n) is 8.61. The normalized spacial score (nSPS) is 12.3. The van der Waals surface area contributed by atoms with Crippen LogP contribution in [0.15, 0.2) is 53.3 Å². The van der Waals surface area contributed by atoms with Gasteiger partial charge in [-0.05, 0) is 50.7 Å². The van der Waals surface area contributed by atoms with Crippen LogP contribution in [0, 0.1) is 0 Å². The van der Waals surface area contributed by atoms with Crippen LogP contribution in [0.2, 0.25) is 0 Å². The van der Waals surface area contributed by atoms with Crippen molar-refractivity contribution < 1.29 is 9.21 Å².